The Morgan fingerprint density at radius 2 is 1.76 bits per heavy atom. The van der Waals surface area contributed by atoms with Gasteiger partial charge in [0.1, 0.15) is 22.7 Å². The molecule has 1 aromatic heterocycles. The van der Waals surface area contributed by atoms with Crippen LogP contribution in [0.5, 0.6) is 0 Å². The van der Waals surface area contributed by atoms with Gasteiger partial charge in [0.25, 0.3) is 0 Å². The standard InChI is InChI=1S/C23H33F2N5O2S/c1-5-7-18(27-19(31)13-15-11-16(24)14-17(25)12-15)20(32)28-22-30-29-21(33-22)23(3,4)8-10-26-9-6-2/h11-12,14,18,26H,5-10,13H2,1-4H3,(H,27,31)(H,28,30,32). The molecule has 7 nitrogen and oxygen atoms in total. The Morgan fingerprint density at radius 1 is 1.06 bits per heavy atom. The number of benzene rings is 1. The second-order valence-electron chi connectivity index (χ2n) is 8.65. The second kappa shape index (κ2) is 12.7. The molecule has 0 saturated carbocycles. The number of aromatic nitrogens is 2. The fourth-order valence-electron chi connectivity index (χ4n) is 3.25. The van der Waals surface area contributed by atoms with Crippen LogP contribution in [0.4, 0.5) is 13.9 Å². The van der Waals surface area contributed by atoms with Crippen molar-refractivity contribution in [3.63, 3.8) is 0 Å². The number of rotatable bonds is 13. The number of hydrogen-bond donors (Lipinski definition) is 3. The predicted molar refractivity (Wildman–Crippen MR) is 126 cm³/mol. The number of nitrogens with one attached hydrogen (secondary N) is 3. The van der Waals surface area contributed by atoms with Crippen LogP contribution in [0.25, 0.3) is 0 Å². The molecule has 0 aliphatic rings. The van der Waals surface area contributed by atoms with Gasteiger partial charge in [0, 0.05) is 11.5 Å². The van der Waals surface area contributed by atoms with Gasteiger partial charge in [-0.15, -0.1) is 10.2 Å². The lowest BCUT2D eigenvalue weighted by atomic mass is 9.90. The maximum atomic E-state index is 13.4. The summed E-state index contributed by atoms with van der Waals surface area (Å²) in [4.78, 5) is 25.2. The summed E-state index contributed by atoms with van der Waals surface area (Å²) < 4.78 is 26.7. The highest BCUT2D eigenvalue weighted by atomic mass is 32.1. The summed E-state index contributed by atoms with van der Waals surface area (Å²) in [7, 11) is 0. The average molecular weight is 482 g/mol. The quantitative estimate of drug-likeness (QED) is 0.377. The van der Waals surface area contributed by atoms with Crippen molar-refractivity contribution in [3.05, 3.63) is 40.4 Å². The van der Waals surface area contributed by atoms with Crippen molar-refractivity contribution < 1.29 is 18.4 Å². The Morgan fingerprint density at radius 3 is 2.39 bits per heavy atom. The molecule has 0 saturated heterocycles. The Hall–Kier alpha value is -2.46. The van der Waals surface area contributed by atoms with E-state index < -0.39 is 29.5 Å². The molecule has 0 bridgehead atoms. The molecule has 0 aliphatic heterocycles. The summed E-state index contributed by atoms with van der Waals surface area (Å²) in [5.74, 6) is -2.40. The first kappa shape index (κ1) is 26.8. The van der Waals surface area contributed by atoms with Crippen molar-refractivity contribution in [2.75, 3.05) is 18.4 Å². The average Bonchev–Trinajstić information content (AvgIpc) is 3.19. The van der Waals surface area contributed by atoms with Gasteiger partial charge in [-0.2, -0.15) is 0 Å². The van der Waals surface area contributed by atoms with E-state index in [1.54, 1.807) is 0 Å². The van der Waals surface area contributed by atoms with Gasteiger partial charge in [0.2, 0.25) is 16.9 Å². The Labute approximate surface area is 197 Å². The van der Waals surface area contributed by atoms with Gasteiger partial charge < -0.3 is 10.6 Å². The topological polar surface area (TPSA) is 96.0 Å². The molecule has 0 fully saturated rings. The van der Waals surface area contributed by atoms with Crippen molar-refractivity contribution in [2.45, 2.75) is 71.3 Å². The highest BCUT2D eigenvalue weighted by molar-refractivity contribution is 7.15. The molecule has 1 aromatic carbocycles. The molecule has 33 heavy (non-hydrogen) atoms. The molecule has 2 aromatic rings. The number of hydrogen-bond acceptors (Lipinski definition) is 6. The lowest BCUT2D eigenvalue weighted by molar-refractivity contribution is -0.126. The molecule has 0 radical (unpaired) electrons. The Kier molecular flexibility index (Phi) is 10.3. The van der Waals surface area contributed by atoms with Crippen molar-refractivity contribution in [2.24, 2.45) is 0 Å². The first-order valence-corrected chi connectivity index (χ1v) is 12.1. The van der Waals surface area contributed by atoms with Gasteiger partial charge in [0.05, 0.1) is 6.42 Å². The van der Waals surface area contributed by atoms with Crippen LogP contribution in [0.3, 0.4) is 0 Å². The molecule has 0 aliphatic carbocycles. The lowest BCUT2D eigenvalue weighted by Gasteiger charge is -2.21. The summed E-state index contributed by atoms with van der Waals surface area (Å²) in [6, 6.07) is 2.15. The van der Waals surface area contributed by atoms with E-state index in [1.165, 1.54) is 11.3 Å². The number of amides is 2. The summed E-state index contributed by atoms with van der Waals surface area (Å²) >= 11 is 1.31. The van der Waals surface area contributed by atoms with Gasteiger partial charge in [0.15, 0.2) is 0 Å². The molecule has 2 amide bonds. The van der Waals surface area contributed by atoms with E-state index in [0.29, 0.717) is 18.0 Å². The van der Waals surface area contributed by atoms with Gasteiger partial charge in [-0.3, -0.25) is 14.9 Å². The van der Waals surface area contributed by atoms with Crippen LogP contribution < -0.4 is 16.0 Å². The maximum absolute atomic E-state index is 13.4. The van der Waals surface area contributed by atoms with Crippen LogP contribution in [0, 0.1) is 11.6 Å². The van der Waals surface area contributed by atoms with Gasteiger partial charge in [-0.1, -0.05) is 45.5 Å². The minimum atomic E-state index is -0.792. The first-order chi connectivity index (χ1) is 15.6. The Bertz CT molecular complexity index is 915. The molecule has 1 unspecified atom stereocenters. The number of anilines is 1. The van der Waals surface area contributed by atoms with Crippen LogP contribution >= 0.6 is 11.3 Å². The monoisotopic (exact) mass is 481 g/mol. The zero-order valence-electron chi connectivity index (χ0n) is 19.6. The summed E-state index contributed by atoms with van der Waals surface area (Å²) in [5, 5.41) is 18.3. The fourth-order valence-corrected chi connectivity index (χ4v) is 4.13. The maximum Gasteiger partial charge on any atom is 0.248 e. The molecule has 1 heterocycles. The predicted octanol–water partition coefficient (Wildman–Crippen LogP) is 3.95. The first-order valence-electron chi connectivity index (χ1n) is 11.2. The summed E-state index contributed by atoms with van der Waals surface area (Å²) in [5.41, 5.74) is 0.00337. The minimum Gasteiger partial charge on any atom is -0.344 e. The molecule has 0 spiro atoms. The SMILES string of the molecule is CCCNCCC(C)(C)c1nnc(NC(=O)C(CCC)NC(=O)Cc2cc(F)cc(F)c2)s1. The molecule has 3 N–H and O–H groups in total. The second-order valence-corrected chi connectivity index (χ2v) is 9.63. The number of nitrogens with zero attached hydrogens (tertiary/aromatic N) is 2. The van der Waals surface area contributed by atoms with Gasteiger partial charge >= 0.3 is 0 Å². The smallest absolute Gasteiger partial charge is 0.248 e. The zero-order chi connectivity index (χ0) is 24.4. The van der Waals surface area contributed by atoms with Crippen LogP contribution in [-0.2, 0) is 21.4 Å². The van der Waals surface area contributed by atoms with E-state index in [4.69, 9.17) is 0 Å². The molecular formula is C23H33F2N5O2S. The number of carbonyl (C=O) groups excluding carboxylic acids is 2. The van der Waals surface area contributed by atoms with Crippen LogP contribution in [0.2, 0.25) is 0 Å². The molecule has 10 heteroatoms. The van der Waals surface area contributed by atoms with Crippen molar-refractivity contribution in [3.8, 4) is 0 Å². The van der Waals surface area contributed by atoms with Crippen LogP contribution in [0.15, 0.2) is 18.2 Å². The fraction of sp³-hybridized carbons (Fsp3) is 0.565. The number of halogens is 2. The zero-order valence-corrected chi connectivity index (χ0v) is 20.5. The van der Waals surface area contributed by atoms with Gasteiger partial charge in [-0.05, 0) is 50.0 Å². The molecular weight excluding hydrogens is 448 g/mol. The highest BCUT2D eigenvalue weighted by Crippen LogP contribution is 2.31. The van der Waals surface area contributed by atoms with Crippen LogP contribution in [-0.4, -0.2) is 41.1 Å². The van der Waals surface area contributed by atoms with E-state index in [9.17, 15) is 18.4 Å². The van der Waals surface area contributed by atoms with Crippen molar-refractivity contribution in [1.29, 1.82) is 0 Å². The minimum absolute atomic E-state index is 0.196. The van der Waals surface area contributed by atoms with E-state index in [0.717, 1.165) is 49.1 Å². The van der Waals surface area contributed by atoms with E-state index in [2.05, 4.69) is 46.9 Å². The van der Waals surface area contributed by atoms with Crippen molar-refractivity contribution in [1.82, 2.24) is 20.8 Å². The van der Waals surface area contributed by atoms with E-state index in [1.807, 2.05) is 6.92 Å². The molecule has 1 atom stereocenters. The highest BCUT2D eigenvalue weighted by Gasteiger charge is 2.27. The van der Waals surface area contributed by atoms with E-state index >= 15 is 0 Å². The summed E-state index contributed by atoms with van der Waals surface area (Å²) in [6.45, 7) is 10.0. The Balaban J connectivity index is 1.97. The third kappa shape index (κ3) is 8.77. The molecule has 182 valence electrons. The third-order valence-electron chi connectivity index (χ3n) is 5.10. The van der Waals surface area contributed by atoms with E-state index in [-0.39, 0.29) is 17.4 Å². The normalized spacial score (nSPS) is 12.4. The third-order valence-corrected chi connectivity index (χ3v) is 6.31. The largest absolute Gasteiger partial charge is 0.344 e. The number of carbonyl (C=O) groups is 2. The van der Waals surface area contributed by atoms with Crippen LogP contribution in [0.1, 0.15) is 63.9 Å². The van der Waals surface area contributed by atoms with Gasteiger partial charge in [-0.25, -0.2) is 8.78 Å². The van der Waals surface area contributed by atoms with Crippen molar-refractivity contribution >= 4 is 28.3 Å². The molecule has 2 rings (SSSR count). The lowest BCUT2D eigenvalue weighted by Crippen LogP contribution is -2.44. The summed E-state index contributed by atoms with van der Waals surface area (Å²) in [6.07, 6.45) is 2.79.